The van der Waals surface area contributed by atoms with E-state index in [-0.39, 0.29) is 10.6 Å². The van der Waals surface area contributed by atoms with Crippen molar-refractivity contribution in [1.82, 2.24) is 0 Å². The topological polar surface area (TPSA) is 78.4 Å². The third kappa shape index (κ3) is 4.33. The van der Waals surface area contributed by atoms with Gasteiger partial charge in [-0.2, -0.15) is 0 Å². The van der Waals surface area contributed by atoms with Crippen LogP contribution in [0.5, 0.6) is 0 Å². The van der Waals surface area contributed by atoms with Crippen molar-refractivity contribution in [2.75, 3.05) is 10.6 Å². The van der Waals surface area contributed by atoms with Gasteiger partial charge in [0.15, 0.2) is 0 Å². The molecule has 0 radical (unpaired) electrons. The number of nitrogens with one attached hydrogen (secondary N) is 2. The molecule has 0 heterocycles. The van der Waals surface area contributed by atoms with Crippen molar-refractivity contribution in [3.05, 3.63) is 56.6 Å². The van der Waals surface area contributed by atoms with E-state index in [1.54, 1.807) is 6.07 Å². The minimum Gasteiger partial charge on any atom is -0.478 e. The predicted molar refractivity (Wildman–Crippen MR) is 90.2 cm³/mol. The first-order valence-electron chi connectivity index (χ1n) is 5.82. The molecule has 21 heavy (non-hydrogen) atoms. The normalized spacial score (nSPS) is 10.0. The monoisotopic (exact) mass is 416 g/mol. The quantitative estimate of drug-likeness (QED) is 0.653. The van der Waals surface area contributed by atoms with Crippen molar-refractivity contribution in [2.24, 2.45) is 0 Å². The molecule has 2 rings (SSSR count). The van der Waals surface area contributed by atoms with Crippen LogP contribution in [0.2, 0.25) is 5.02 Å². The molecule has 7 heteroatoms. The van der Waals surface area contributed by atoms with Crippen LogP contribution in [0.3, 0.4) is 0 Å². The molecule has 2 amide bonds. The van der Waals surface area contributed by atoms with E-state index in [4.69, 9.17) is 16.7 Å². The molecule has 0 aliphatic carbocycles. The summed E-state index contributed by atoms with van der Waals surface area (Å²) in [5, 5.41) is 14.2. The lowest BCUT2D eigenvalue weighted by Gasteiger charge is -2.09. The fourth-order valence-corrected chi connectivity index (χ4v) is 2.37. The highest BCUT2D eigenvalue weighted by molar-refractivity contribution is 14.1. The van der Waals surface area contributed by atoms with Gasteiger partial charge in [-0.25, -0.2) is 9.59 Å². The number of carboxylic acid groups (broad SMARTS) is 1. The lowest BCUT2D eigenvalue weighted by Crippen LogP contribution is -2.19. The highest BCUT2D eigenvalue weighted by atomic mass is 127. The summed E-state index contributed by atoms with van der Waals surface area (Å²) in [6.45, 7) is 0. The van der Waals surface area contributed by atoms with Crippen molar-refractivity contribution >= 4 is 57.6 Å². The Labute approximate surface area is 139 Å². The number of anilines is 2. The van der Waals surface area contributed by atoms with Gasteiger partial charge in [0.25, 0.3) is 0 Å². The van der Waals surface area contributed by atoms with Gasteiger partial charge in [-0.05, 0) is 59.0 Å². The largest absolute Gasteiger partial charge is 0.478 e. The van der Waals surface area contributed by atoms with Crippen LogP contribution in [0, 0.1) is 3.57 Å². The Morgan fingerprint density at radius 2 is 1.86 bits per heavy atom. The molecule has 2 aromatic rings. The predicted octanol–water partition coefficient (Wildman–Crippen LogP) is 4.29. The van der Waals surface area contributed by atoms with E-state index in [2.05, 4.69) is 33.2 Å². The average Bonchev–Trinajstić information content (AvgIpc) is 2.40. The molecule has 0 aliphatic heterocycles. The van der Waals surface area contributed by atoms with E-state index >= 15 is 0 Å². The van der Waals surface area contributed by atoms with Crippen LogP contribution in [-0.2, 0) is 0 Å². The third-order valence-corrected chi connectivity index (χ3v) is 3.53. The SMILES string of the molecule is O=C(Nc1cccc(I)c1)Nc1ccc(C(=O)O)cc1Cl. The number of carbonyl (C=O) groups excluding carboxylic acids is 1. The van der Waals surface area contributed by atoms with Gasteiger partial charge in [-0.15, -0.1) is 0 Å². The molecular weight excluding hydrogens is 407 g/mol. The zero-order valence-electron chi connectivity index (χ0n) is 10.6. The Hall–Kier alpha value is -1.80. The Morgan fingerprint density at radius 1 is 1.10 bits per heavy atom. The Balaban J connectivity index is 2.08. The third-order valence-electron chi connectivity index (χ3n) is 2.55. The molecule has 0 aliphatic rings. The molecule has 0 saturated heterocycles. The van der Waals surface area contributed by atoms with E-state index < -0.39 is 12.0 Å². The molecule has 0 spiro atoms. The molecule has 108 valence electrons. The molecule has 0 aromatic heterocycles. The number of benzene rings is 2. The number of hydrogen-bond acceptors (Lipinski definition) is 2. The van der Waals surface area contributed by atoms with Gasteiger partial charge >= 0.3 is 12.0 Å². The van der Waals surface area contributed by atoms with E-state index in [0.717, 1.165) is 3.57 Å². The Kier molecular flexibility index (Phi) is 5.03. The molecule has 0 atom stereocenters. The van der Waals surface area contributed by atoms with Crippen LogP contribution in [-0.4, -0.2) is 17.1 Å². The standard InChI is InChI=1S/C14H10ClIN2O3/c15-11-6-8(13(19)20)4-5-12(11)18-14(21)17-10-3-1-2-9(16)7-10/h1-7H,(H,19,20)(H2,17,18,21). The van der Waals surface area contributed by atoms with Gasteiger partial charge in [-0.1, -0.05) is 17.7 Å². The Bertz CT molecular complexity index is 706. The second kappa shape index (κ2) is 6.77. The summed E-state index contributed by atoms with van der Waals surface area (Å²) in [5.41, 5.74) is 1.05. The van der Waals surface area contributed by atoms with Gasteiger partial charge in [0, 0.05) is 9.26 Å². The summed E-state index contributed by atoms with van der Waals surface area (Å²) in [7, 11) is 0. The first-order chi connectivity index (χ1) is 9.95. The maximum Gasteiger partial charge on any atom is 0.335 e. The van der Waals surface area contributed by atoms with Crippen molar-refractivity contribution in [2.45, 2.75) is 0 Å². The van der Waals surface area contributed by atoms with Crippen LogP contribution < -0.4 is 10.6 Å². The lowest BCUT2D eigenvalue weighted by molar-refractivity contribution is 0.0697. The molecule has 0 fully saturated rings. The van der Waals surface area contributed by atoms with E-state index in [1.165, 1.54) is 18.2 Å². The smallest absolute Gasteiger partial charge is 0.335 e. The van der Waals surface area contributed by atoms with Gasteiger partial charge in [-0.3, -0.25) is 0 Å². The second-order valence-corrected chi connectivity index (χ2v) is 5.74. The molecule has 5 nitrogen and oxygen atoms in total. The maximum absolute atomic E-state index is 11.9. The lowest BCUT2D eigenvalue weighted by atomic mass is 10.2. The van der Waals surface area contributed by atoms with Crippen LogP contribution in [0.4, 0.5) is 16.2 Å². The fraction of sp³-hybridized carbons (Fsp3) is 0. The molecular formula is C14H10ClIN2O3. The minimum absolute atomic E-state index is 0.0589. The van der Waals surface area contributed by atoms with E-state index in [1.807, 2.05) is 18.2 Å². The number of amides is 2. The summed E-state index contributed by atoms with van der Waals surface area (Å²) in [6, 6.07) is 10.9. The molecule has 2 aromatic carbocycles. The van der Waals surface area contributed by atoms with Gasteiger partial charge in [0.1, 0.15) is 0 Å². The summed E-state index contributed by atoms with van der Waals surface area (Å²) >= 11 is 8.08. The number of aromatic carboxylic acids is 1. The maximum atomic E-state index is 11.9. The van der Waals surface area contributed by atoms with E-state index in [9.17, 15) is 9.59 Å². The second-order valence-electron chi connectivity index (χ2n) is 4.09. The highest BCUT2D eigenvalue weighted by Crippen LogP contribution is 2.23. The first kappa shape index (κ1) is 15.6. The number of hydrogen-bond donors (Lipinski definition) is 3. The van der Waals surface area contributed by atoms with Crippen LogP contribution in [0.25, 0.3) is 0 Å². The summed E-state index contributed by atoms with van der Waals surface area (Å²) in [5.74, 6) is -1.08. The van der Waals surface area contributed by atoms with E-state index in [0.29, 0.717) is 11.4 Å². The molecule has 0 saturated carbocycles. The number of halogens is 2. The zero-order valence-corrected chi connectivity index (χ0v) is 13.5. The number of carbonyl (C=O) groups is 2. The first-order valence-corrected chi connectivity index (χ1v) is 7.28. The van der Waals surface area contributed by atoms with Crippen LogP contribution in [0.1, 0.15) is 10.4 Å². The van der Waals surface area contributed by atoms with Crippen molar-refractivity contribution < 1.29 is 14.7 Å². The van der Waals surface area contributed by atoms with Gasteiger partial charge in [0.2, 0.25) is 0 Å². The fourth-order valence-electron chi connectivity index (χ4n) is 1.60. The van der Waals surface area contributed by atoms with Crippen molar-refractivity contribution in [1.29, 1.82) is 0 Å². The van der Waals surface area contributed by atoms with Gasteiger partial charge < -0.3 is 15.7 Å². The van der Waals surface area contributed by atoms with Crippen LogP contribution >= 0.6 is 34.2 Å². The van der Waals surface area contributed by atoms with Crippen molar-refractivity contribution in [3.63, 3.8) is 0 Å². The number of rotatable bonds is 3. The van der Waals surface area contributed by atoms with Gasteiger partial charge in [0.05, 0.1) is 16.3 Å². The van der Waals surface area contributed by atoms with Crippen LogP contribution in [0.15, 0.2) is 42.5 Å². The molecule has 3 N–H and O–H groups in total. The summed E-state index contributed by atoms with van der Waals surface area (Å²) in [4.78, 5) is 22.7. The highest BCUT2D eigenvalue weighted by Gasteiger charge is 2.09. The molecule has 0 bridgehead atoms. The average molecular weight is 417 g/mol. The number of carboxylic acids is 1. The Morgan fingerprint density at radius 3 is 2.48 bits per heavy atom. The molecule has 0 unspecified atom stereocenters. The number of urea groups is 1. The summed E-state index contributed by atoms with van der Waals surface area (Å²) in [6.07, 6.45) is 0. The minimum atomic E-state index is -1.08. The summed E-state index contributed by atoms with van der Waals surface area (Å²) < 4.78 is 0.995. The zero-order chi connectivity index (χ0) is 15.4. The van der Waals surface area contributed by atoms with Crippen molar-refractivity contribution in [3.8, 4) is 0 Å².